The first-order chi connectivity index (χ1) is 11.5. The second-order valence-corrected chi connectivity index (χ2v) is 5.41. The normalized spacial score (nSPS) is 10.4. The summed E-state index contributed by atoms with van der Waals surface area (Å²) < 4.78 is 10.8. The van der Waals surface area contributed by atoms with E-state index in [1.807, 2.05) is 13.8 Å². The Morgan fingerprint density at radius 1 is 1.25 bits per heavy atom. The summed E-state index contributed by atoms with van der Waals surface area (Å²) in [5.41, 5.74) is 2.56. The molecule has 0 saturated carbocycles. The summed E-state index contributed by atoms with van der Waals surface area (Å²) in [6.45, 7) is 4.20. The van der Waals surface area contributed by atoms with Crippen LogP contribution in [0.1, 0.15) is 29.0 Å². The van der Waals surface area contributed by atoms with Gasteiger partial charge in [0.1, 0.15) is 18.1 Å². The van der Waals surface area contributed by atoms with Crippen molar-refractivity contribution in [1.82, 2.24) is 10.5 Å². The van der Waals surface area contributed by atoms with Crippen LogP contribution in [0.5, 0.6) is 5.75 Å². The lowest BCUT2D eigenvalue weighted by atomic mass is 10.1. The predicted molar refractivity (Wildman–Crippen MR) is 85.7 cm³/mol. The molecular formula is C17H20N2O5. The summed E-state index contributed by atoms with van der Waals surface area (Å²) in [7, 11) is 0. The van der Waals surface area contributed by atoms with E-state index in [1.165, 1.54) is 0 Å². The van der Waals surface area contributed by atoms with Crippen molar-refractivity contribution < 1.29 is 24.0 Å². The second kappa shape index (κ2) is 8.14. The number of rotatable bonds is 8. The molecule has 128 valence electrons. The Balaban J connectivity index is 1.82. The summed E-state index contributed by atoms with van der Waals surface area (Å²) in [6.07, 6.45) is 0.115. The van der Waals surface area contributed by atoms with Gasteiger partial charge in [-0.1, -0.05) is 17.3 Å². The number of hydrogen-bond donors (Lipinski definition) is 2. The Labute approximate surface area is 139 Å². The minimum Gasteiger partial charge on any atom is -0.489 e. The fourth-order valence-electron chi connectivity index (χ4n) is 2.12. The predicted octanol–water partition coefficient (Wildman–Crippen LogP) is 2.00. The highest BCUT2D eigenvalue weighted by Crippen LogP contribution is 2.18. The first kappa shape index (κ1) is 17.5. The fraction of sp³-hybridized carbons (Fsp3) is 0.353. The first-order valence-electron chi connectivity index (χ1n) is 7.57. The zero-order valence-electron chi connectivity index (χ0n) is 13.7. The Morgan fingerprint density at radius 2 is 1.96 bits per heavy atom. The van der Waals surface area contributed by atoms with Crippen LogP contribution >= 0.6 is 0 Å². The summed E-state index contributed by atoms with van der Waals surface area (Å²) in [4.78, 5) is 22.1. The van der Waals surface area contributed by atoms with E-state index < -0.39 is 5.97 Å². The van der Waals surface area contributed by atoms with Crippen LogP contribution < -0.4 is 10.1 Å². The average Bonchev–Trinajstić information content (AvgIpc) is 2.85. The van der Waals surface area contributed by atoms with Crippen molar-refractivity contribution in [2.45, 2.75) is 33.3 Å². The lowest BCUT2D eigenvalue weighted by Crippen LogP contribution is -2.27. The summed E-state index contributed by atoms with van der Waals surface area (Å²) in [5, 5.41) is 15.0. The molecule has 1 aromatic heterocycles. The van der Waals surface area contributed by atoms with Gasteiger partial charge in [0.15, 0.2) is 0 Å². The zero-order chi connectivity index (χ0) is 17.5. The third-order valence-electron chi connectivity index (χ3n) is 3.51. The number of nitrogens with one attached hydrogen (secondary N) is 1. The average molecular weight is 332 g/mol. The van der Waals surface area contributed by atoms with Gasteiger partial charge in [0.05, 0.1) is 24.1 Å². The molecule has 7 nitrogen and oxygen atoms in total. The van der Waals surface area contributed by atoms with Gasteiger partial charge in [-0.25, -0.2) is 0 Å². The Morgan fingerprint density at radius 3 is 2.54 bits per heavy atom. The van der Waals surface area contributed by atoms with Crippen LogP contribution in [0.2, 0.25) is 0 Å². The smallest absolute Gasteiger partial charge is 0.305 e. The van der Waals surface area contributed by atoms with Crippen molar-refractivity contribution in [2.75, 3.05) is 6.54 Å². The van der Waals surface area contributed by atoms with Gasteiger partial charge >= 0.3 is 5.97 Å². The molecule has 0 unspecified atom stereocenters. The van der Waals surface area contributed by atoms with Crippen molar-refractivity contribution in [1.29, 1.82) is 0 Å². The molecule has 1 aromatic carbocycles. The number of carbonyl (C=O) groups excluding carboxylic acids is 1. The number of aryl methyl sites for hydroxylation is 2. The highest BCUT2D eigenvalue weighted by Gasteiger charge is 2.10. The lowest BCUT2D eigenvalue weighted by molar-refractivity contribution is -0.136. The molecule has 0 aliphatic heterocycles. The number of aromatic nitrogens is 1. The van der Waals surface area contributed by atoms with Crippen molar-refractivity contribution in [3.8, 4) is 5.75 Å². The van der Waals surface area contributed by atoms with Crippen LogP contribution in [0.4, 0.5) is 0 Å². The molecular weight excluding hydrogens is 312 g/mol. The number of carbonyl (C=O) groups is 2. The van der Waals surface area contributed by atoms with E-state index >= 15 is 0 Å². The first-order valence-corrected chi connectivity index (χ1v) is 7.57. The molecule has 0 radical (unpaired) electrons. The number of benzene rings is 1. The maximum atomic E-state index is 11.7. The van der Waals surface area contributed by atoms with Gasteiger partial charge in [0.2, 0.25) is 5.91 Å². The van der Waals surface area contributed by atoms with Crippen LogP contribution in [-0.2, 0) is 22.6 Å². The van der Waals surface area contributed by atoms with Gasteiger partial charge in [0, 0.05) is 6.54 Å². The van der Waals surface area contributed by atoms with E-state index in [4.69, 9.17) is 14.4 Å². The molecule has 2 rings (SSSR count). The molecule has 1 amide bonds. The molecule has 0 saturated heterocycles. The highest BCUT2D eigenvalue weighted by atomic mass is 16.5. The van der Waals surface area contributed by atoms with Crippen molar-refractivity contribution in [3.63, 3.8) is 0 Å². The molecule has 0 spiro atoms. The molecule has 0 atom stereocenters. The minimum atomic E-state index is -0.935. The third kappa shape index (κ3) is 5.12. The topological polar surface area (TPSA) is 102 Å². The van der Waals surface area contributed by atoms with Gasteiger partial charge in [-0.3, -0.25) is 9.59 Å². The fourth-order valence-corrected chi connectivity index (χ4v) is 2.12. The quantitative estimate of drug-likeness (QED) is 0.767. The molecule has 7 heteroatoms. The minimum absolute atomic E-state index is 0.0831. The molecule has 0 aliphatic carbocycles. The van der Waals surface area contributed by atoms with Gasteiger partial charge < -0.3 is 19.7 Å². The maximum Gasteiger partial charge on any atom is 0.305 e. The lowest BCUT2D eigenvalue weighted by Gasteiger charge is -2.07. The Hall–Kier alpha value is -2.83. The van der Waals surface area contributed by atoms with Crippen molar-refractivity contribution in [3.05, 3.63) is 46.8 Å². The summed E-state index contributed by atoms with van der Waals surface area (Å²) in [5.74, 6) is 0.280. The van der Waals surface area contributed by atoms with Gasteiger partial charge in [-0.15, -0.1) is 0 Å². The number of ether oxygens (including phenoxy) is 1. The van der Waals surface area contributed by atoms with Crippen LogP contribution in [0.3, 0.4) is 0 Å². The van der Waals surface area contributed by atoms with Crippen LogP contribution in [-0.4, -0.2) is 28.7 Å². The van der Waals surface area contributed by atoms with E-state index in [9.17, 15) is 9.59 Å². The van der Waals surface area contributed by atoms with Crippen molar-refractivity contribution >= 4 is 11.9 Å². The molecule has 2 aromatic rings. The Kier molecular flexibility index (Phi) is 5.95. The monoisotopic (exact) mass is 332 g/mol. The van der Waals surface area contributed by atoms with Crippen LogP contribution in [0, 0.1) is 13.8 Å². The number of aliphatic carboxylic acids is 1. The molecule has 1 heterocycles. The maximum absolute atomic E-state index is 11.7. The number of hydrogen-bond acceptors (Lipinski definition) is 5. The third-order valence-corrected chi connectivity index (χ3v) is 3.51. The van der Waals surface area contributed by atoms with E-state index in [-0.39, 0.29) is 25.3 Å². The number of nitrogens with zero attached hydrogens (tertiary/aromatic N) is 1. The van der Waals surface area contributed by atoms with E-state index in [2.05, 4.69) is 10.5 Å². The molecule has 0 bridgehead atoms. The van der Waals surface area contributed by atoms with E-state index in [0.717, 1.165) is 22.6 Å². The van der Waals surface area contributed by atoms with Gasteiger partial charge in [-0.05, 0) is 31.5 Å². The molecule has 2 N–H and O–H groups in total. The number of amides is 1. The molecule has 0 fully saturated rings. The number of carboxylic acid groups (broad SMARTS) is 1. The van der Waals surface area contributed by atoms with Crippen LogP contribution in [0.15, 0.2) is 28.8 Å². The molecule has 24 heavy (non-hydrogen) atoms. The second-order valence-electron chi connectivity index (χ2n) is 5.41. The Bertz CT molecular complexity index is 687. The van der Waals surface area contributed by atoms with E-state index in [0.29, 0.717) is 12.4 Å². The SMILES string of the molecule is Cc1noc(C)c1COc1ccc(CC(=O)NCCC(=O)O)cc1. The largest absolute Gasteiger partial charge is 0.489 e. The highest BCUT2D eigenvalue weighted by molar-refractivity contribution is 5.79. The summed E-state index contributed by atoms with van der Waals surface area (Å²) >= 11 is 0. The summed E-state index contributed by atoms with van der Waals surface area (Å²) in [6, 6.07) is 7.19. The molecule has 0 aliphatic rings. The van der Waals surface area contributed by atoms with Gasteiger partial charge in [-0.2, -0.15) is 0 Å². The van der Waals surface area contributed by atoms with Gasteiger partial charge in [0.25, 0.3) is 0 Å². The standard InChI is InChI=1S/C17H20N2O5/c1-11-15(12(2)24-19-11)10-23-14-5-3-13(4-6-14)9-16(20)18-8-7-17(21)22/h3-6H,7-10H2,1-2H3,(H,18,20)(H,21,22). The van der Waals surface area contributed by atoms with Crippen LogP contribution in [0.25, 0.3) is 0 Å². The van der Waals surface area contributed by atoms with E-state index in [1.54, 1.807) is 24.3 Å². The number of carboxylic acids is 1. The van der Waals surface area contributed by atoms with Crippen molar-refractivity contribution in [2.24, 2.45) is 0 Å². The zero-order valence-corrected chi connectivity index (χ0v) is 13.7.